The third-order valence-corrected chi connectivity index (χ3v) is 5.96. The van der Waals surface area contributed by atoms with Gasteiger partial charge >= 0.3 is 0 Å². The molecule has 0 spiro atoms. The van der Waals surface area contributed by atoms with Crippen molar-refractivity contribution in [2.45, 2.75) is 51.4 Å². The van der Waals surface area contributed by atoms with Crippen molar-refractivity contribution in [2.24, 2.45) is 10.8 Å². The number of amides is 1. The normalized spacial score (nSPS) is 21.9. The lowest BCUT2D eigenvalue weighted by atomic mass is 9.70. The van der Waals surface area contributed by atoms with Gasteiger partial charge in [0.25, 0.3) is 0 Å². The summed E-state index contributed by atoms with van der Waals surface area (Å²) >= 11 is 0. The topological polar surface area (TPSA) is 62.1 Å². The Morgan fingerprint density at radius 2 is 1.76 bits per heavy atom. The van der Waals surface area contributed by atoms with E-state index in [0.29, 0.717) is 32.6 Å². The maximum absolute atomic E-state index is 12.8. The Morgan fingerprint density at radius 1 is 1.08 bits per heavy atom. The minimum absolute atomic E-state index is 0.101. The predicted octanol–water partition coefficient (Wildman–Crippen LogP) is 3.62. The zero-order valence-corrected chi connectivity index (χ0v) is 14.9. The molecular weight excluding hydrogens is 312 g/mol. The van der Waals surface area contributed by atoms with Crippen LogP contribution in [0.5, 0.6) is 0 Å². The number of carbonyl (C=O) groups excluding carboxylic acids is 1. The number of benzene rings is 1. The first kappa shape index (κ1) is 17.9. The lowest BCUT2D eigenvalue weighted by Gasteiger charge is -2.39. The summed E-state index contributed by atoms with van der Waals surface area (Å²) in [6.45, 7) is 1.66. The lowest BCUT2D eigenvalue weighted by Crippen LogP contribution is -2.48. The van der Waals surface area contributed by atoms with Crippen LogP contribution in [0.1, 0.15) is 50.5 Å². The van der Waals surface area contributed by atoms with E-state index in [1.807, 2.05) is 6.07 Å². The Morgan fingerprint density at radius 3 is 2.40 bits per heavy atom. The van der Waals surface area contributed by atoms with Crippen molar-refractivity contribution in [2.75, 3.05) is 19.8 Å². The van der Waals surface area contributed by atoms with Gasteiger partial charge in [-0.05, 0) is 43.1 Å². The third kappa shape index (κ3) is 4.22. The van der Waals surface area contributed by atoms with Gasteiger partial charge in [-0.2, -0.15) is 5.26 Å². The number of hydrogen-bond acceptors (Lipinski definition) is 3. The van der Waals surface area contributed by atoms with Crippen LogP contribution in [0.3, 0.4) is 0 Å². The number of hydrogen-bond donors (Lipinski definition) is 1. The maximum atomic E-state index is 12.8. The molecule has 2 aliphatic rings. The second-order valence-corrected chi connectivity index (χ2v) is 7.71. The van der Waals surface area contributed by atoms with Crippen molar-refractivity contribution in [3.8, 4) is 6.07 Å². The summed E-state index contributed by atoms with van der Waals surface area (Å²) < 4.78 is 5.34. The van der Waals surface area contributed by atoms with Gasteiger partial charge in [-0.25, -0.2) is 0 Å². The number of nitrogens with zero attached hydrogens (tertiary/aromatic N) is 1. The lowest BCUT2D eigenvalue weighted by molar-refractivity contribution is -0.133. The highest BCUT2D eigenvalue weighted by Gasteiger charge is 2.42. The Kier molecular flexibility index (Phi) is 5.75. The summed E-state index contributed by atoms with van der Waals surface area (Å²) in [6, 6.07) is 12.8. The number of carbonyl (C=O) groups is 1. The highest BCUT2D eigenvalue weighted by Crippen LogP contribution is 2.39. The van der Waals surface area contributed by atoms with Gasteiger partial charge in [0, 0.05) is 19.8 Å². The van der Waals surface area contributed by atoms with Crippen LogP contribution in [0, 0.1) is 22.2 Å². The number of rotatable bonds is 5. The first-order chi connectivity index (χ1) is 12.2. The molecule has 0 atom stereocenters. The van der Waals surface area contributed by atoms with Crippen LogP contribution >= 0.6 is 0 Å². The van der Waals surface area contributed by atoms with Crippen LogP contribution in [0.4, 0.5) is 0 Å². The van der Waals surface area contributed by atoms with Gasteiger partial charge in [0.05, 0.1) is 6.07 Å². The molecule has 0 bridgehead atoms. The zero-order valence-electron chi connectivity index (χ0n) is 14.9. The molecule has 1 heterocycles. The second-order valence-electron chi connectivity index (χ2n) is 7.71. The molecule has 0 unspecified atom stereocenters. The van der Waals surface area contributed by atoms with E-state index in [0.717, 1.165) is 19.3 Å². The molecule has 1 aromatic rings. The van der Waals surface area contributed by atoms with Crippen molar-refractivity contribution in [1.82, 2.24) is 5.32 Å². The number of nitriles is 1. The average molecular weight is 340 g/mol. The van der Waals surface area contributed by atoms with Crippen LogP contribution < -0.4 is 5.32 Å². The molecule has 4 heteroatoms. The van der Waals surface area contributed by atoms with Gasteiger partial charge in [0.1, 0.15) is 5.41 Å². The van der Waals surface area contributed by atoms with Gasteiger partial charge in [-0.1, -0.05) is 49.6 Å². The molecule has 0 aromatic heterocycles. The summed E-state index contributed by atoms with van der Waals surface area (Å²) in [6.07, 6.45) is 8.01. The minimum atomic E-state index is -0.902. The standard InChI is InChI=1S/C21H28N2O2/c22-16-21(11-13-25-14-12-21)19(24)23-17-20(9-5-2-6-10-20)15-18-7-3-1-4-8-18/h1,3-4,7-8H,2,5-6,9-15,17H2,(H,23,24). The number of nitrogens with one attached hydrogen (secondary N) is 1. The molecule has 1 N–H and O–H groups in total. The monoisotopic (exact) mass is 340 g/mol. The van der Waals surface area contributed by atoms with Gasteiger partial charge in [0.15, 0.2) is 0 Å². The summed E-state index contributed by atoms with van der Waals surface area (Å²) in [5.41, 5.74) is 0.553. The first-order valence-electron chi connectivity index (χ1n) is 9.49. The molecule has 25 heavy (non-hydrogen) atoms. The molecule has 1 aromatic carbocycles. The quantitative estimate of drug-likeness (QED) is 0.890. The van der Waals surface area contributed by atoms with Crippen LogP contribution in [0.25, 0.3) is 0 Å². The van der Waals surface area contributed by atoms with Gasteiger partial charge in [-0.15, -0.1) is 0 Å². The fourth-order valence-corrected chi connectivity index (χ4v) is 4.29. The van der Waals surface area contributed by atoms with Crippen LogP contribution in [-0.2, 0) is 16.0 Å². The Labute approximate surface area is 150 Å². The van der Waals surface area contributed by atoms with Crippen LogP contribution in [0.15, 0.2) is 30.3 Å². The molecule has 1 saturated heterocycles. The second kappa shape index (κ2) is 8.01. The molecule has 1 aliphatic carbocycles. The molecule has 2 fully saturated rings. The fraction of sp³-hybridized carbons (Fsp3) is 0.619. The molecule has 0 radical (unpaired) electrons. The molecule has 3 rings (SSSR count). The Hall–Kier alpha value is -1.86. The molecule has 134 valence electrons. The third-order valence-electron chi connectivity index (χ3n) is 5.96. The van der Waals surface area contributed by atoms with E-state index in [9.17, 15) is 10.1 Å². The molecular formula is C21H28N2O2. The Balaban J connectivity index is 1.68. The van der Waals surface area contributed by atoms with Crippen molar-refractivity contribution in [3.05, 3.63) is 35.9 Å². The van der Waals surface area contributed by atoms with Crippen molar-refractivity contribution in [1.29, 1.82) is 5.26 Å². The van der Waals surface area contributed by atoms with E-state index in [1.165, 1.54) is 24.8 Å². The van der Waals surface area contributed by atoms with Crippen molar-refractivity contribution in [3.63, 3.8) is 0 Å². The average Bonchev–Trinajstić information content (AvgIpc) is 2.68. The van der Waals surface area contributed by atoms with Crippen molar-refractivity contribution < 1.29 is 9.53 Å². The minimum Gasteiger partial charge on any atom is -0.381 e. The molecule has 1 saturated carbocycles. The molecule has 1 amide bonds. The predicted molar refractivity (Wildman–Crippen MR) is 96.8 cm³/mol. The smallest absolute Gasteiger partial charge is 0.240 e. The largest absolute Gasteiger partial charge is 0.381 e. The summed E-state index contributed by atoms with van der Waals surface area (Å²) in [7, 11) is 0. The van der Waals surface area contributed by atoms with Gasteiger partial charge in [0.2, 0.25) is 5.91 Å². The maximum Gasteiger partial charge on any atom is 0.240 e. The SMILES string of the molecule is N#CC1(C(=O)NCC2(Cc3ccccc3)CCCCC2)CCOCC1. The first-order valence-corrected chi connectivity index (χ1v) is 9.49. The fourth-order valence-electron chi connectivity index (χ4n) is 4.29. The number of ether oxygens (including phenoxy) is 1. The highest BCUT2D eigenvalue weighted by molar-refractivity contribution is 5.85. The van der Waals surface area contributed by atoms with Crippen molar-refractivity contribution >= 4 is 5.91 Å². The summed E-state index contributed by atoms with van der Waals surface area (Å²) in [5.74, 6) is -0.101. The van der Waals surface area contributed by atoms with Gasteiger partial charge in [-0.3, -0.25) is 4.79 Å². The molecule has 1 aliphatic heterocycles. The summed E-state index contributed by atoms with van der Waals surface area (Å²) in [4.78, 5) is 12.8. The Bertz CT molecular complexity index is 609. The summed E-state index contributed by atoms with van der Waals surface area (Å²) in [5, 5.41) is 12.7. The zero-order chi connectivity index (χ0) is 17.6. The molecule has 4 nitrogen and oxygen atoms in total. The van der Waals surface area contributed by atoms with E-state index in [1.54, 1.807) is 0 Å². The van der Waals surface area contributed by atoms with E-state index >= 15 is 0 Å². The van der Waals surface area contributed by atoms with E-state index in [2.05, 4.69) is 35.7 Å². The van der Waals surface area contributed by atoms with E-state index in [-0.39, 0.29) is 11.3 Å². The van der Waals surface area contributed by atoms with Crippen LogP contribution in [-0.4, -0.2) is 25.7 Å². The highest BCUT2D eigenvalue weighted by atomic mass is 16.5. The van der Waals surface area contributed by atoms with Crippen LogP contribution in [0.2, 0.25) is 0 Å². The van der Waals surface area contributed by atoms with Gasteiger partial charge < -0.3 is 10.1 Å². The van der Waals surface area contributed by atoms with E-state index < -0.39 is 5.41 Å². The van der Waals surface area contributed by atoms with E-state index in [4.69, 9.17) is 4.74 Å².